The Hall–Kier alpha value is -0.820. The maximum absolute atomic E-state index is 11.4. The molecule has 1 aliphatic rings. The smallest absolute Gasteiger partial charge is 0.214 e. The molecular weight excluding hydrogens is 216 g/mol. The van der Waals surface area contributed by atoms with Crippen molar-refractivity contribution in [1.82, 2.24) is 14.9 Å². The van der Waals surface area contributed by atoms with Gasteiger partial charge in [-0.25, -0.2) is 12.7 Å². The summed E-state index contributed by atoms with van der Waals surface area (Å²) in [5, 5.41) is 5.89. The summed E-state index contributed by atoms with van der Waals surface area (Å²) in [5.74, 6) is 0.958. The highest BCUT2D eigenvalue weighted by molar-refractivity contribution is 7.89. The zero-order valence-corrected chi connectivity index (χ0v) is 9.97. The molecule has 0 aliphatic carbocycles. The van der Waals surface area contributed by atoms with Gasteiger partial charge in [0, 0.05) is 33.7 Å². The van der Waals surface area contributed by atoms with Crippen molar-refractivity contribution in [1.29, 1.82) is 0 Å². The Morgan fingerprint density at radius 3 is 2.73 bits per heavy atom. The molecule has 1 rings (SSSR count). The molecule has 0 amide bonds. The van der Waals surface area contributed by atoms with E-state index in [9.17, 15) is 8.42 Å². The summed E-state index contributed by atoms with van der Waals surface area (Å²) in [5.41, 5.74) is 0. The minimum Gasteiger partial charge on any atom is -0.359 e. The van der Waals surface area contributed by atoms with Gasteiger partial charge in [0.15, 0.2) is 5.96 Å². The van der Waals surface area contributed by atoms with Crippen molar-refractivity contribution < 1.29 is 8.42 Å². The van der Waals surface area contributed by atoms with E-state index in [0.717, 1.165) is 6.42 Å². The summed E-state index contributed by atoms with van der Waals surface area (Å²) in [6, 6.07) is 0. The van der Waals surface area contributed by atoms with Crippen LogP contribution in [-0.4, -0.2) is 58.2 Å². The van der Waals surface area contributed by atoms with Gasteiger partial charge in [0.1, 0.15) is 0 Å². The van der Waals surface area contributed by atoms with E-state index >= 15 is 0 Å². The van der Waals surface area contributed by atoms with E-state index in [1.807, 2.05) is 0 Å². The predicted octanol–water partition coefficient (Wildman–Crippen LogP) is -1.18. The van der Waals surface area contributed by atoms with Gasteiger partial charge in [0.2, 0.25) is 10.0 Å². The third-order valence-corrected chi connectivity index (χ3v) is 4.27. The Balaban J connectivity index is 2.32. The molecule has 1 heterocycles. The van der Waals surface area contributed by atoms with E-state index in [-0.39, 0.29) is 5.75 Å². The Morgan fingerprint density at radius 2 is 2.27 bits per heavy atom. The fraction of sp³-hybridized carbons (Fsp3) is 0.875. The van der Waals surface area contributed by atoms with Crippen LogP contribution in [0.2, 0.25) is 0 Å². The number of guanidine groups is 1. The van der Waals surface area contributed by atoms with Crippen molar-refractivity contribution in [3.8, 4) is 0 Å². The van der Waals surface area contributed by atoms with Crippen molar-refractivity contribution in [2.75, 3.05) is 39.5 Å². The maximum atomic E-state index is 11.4. The molecular formula is C8H18N4O2S. The van der Waals surface area contributed by atoms with Gasteiger partial charge in [-0.05, 0) is 6.42 Å². The van der Waals surface area contributed by atoms with Crippen LogP contribution in [0.4, 0.5) is 0 Å². The van der Waals surface area contributed by atoms with Crippen LogP contribution in [-0.2, 0) is 10.0 Å². The van der Waals surface area contributed by atoms with E-state index in [4.69, 9.17) is 0 Å². The van der Waals surface area contributed by atoms with Crippen LogP contribution in [0.3, 0.4) is 0 Å². The molecule has 88 valence electrons. The lowest BCUT2D eigenvalue weighted by atomic mass is 10.5. The highest BCUT2D eigenvalue weighted by Gasteiger charge is 2.27. The number of rotatable bonds is 3. The fourth-order valence-corrected chi connectivity index (χ4v) is 3.05. The normalized spacial score (nSPS) is 21.6. The molecule has 0 unspecified atom stereocenters. The molecule has 1 aliphatic heterocycles. The lowest BCUT2D eigenvalue weighted by Crippen LogP contribution is -2.40. The monoisotopic (exact) mass is 234 g/mol. The van der Waals surface area contributed by atoms with E-state index in [1.165, 1.54) is 4.31 Å². The van der Waals surface area contributed by atoms with Crippen LogP contribution in [0.15, 0.2) is 4.99 Å². The topological polar surface area (TPSA) is 73.8 Å². The Bertz CT molecular complexity index is 326. The average Bonchev–Trinajstić information content (AvgIpc) is 2.53. The van der Waals surface area contributed by atoms with E-state index in [1.54, 1.807) is 14.1 Å². The van der Waals surface area contributed by atoms with Gasteiger partial charge < -0.3 is 10.6 Å². The number of aliphatic imine (C=N–C) groups is 1. The molecule has 0 aromatic rings. The zero-order valence-electron chi connectivity index (χ0n) is 9.15. The van der Waals surface area contributed by atoms with Crippen molar-refractivity contribution in [2.24, 2.45) is 4.99 Å². The highest BCUT2D eigenvalue weighted by atomic mass is 32.2. The van der Waals surface area contributed by atoms with Gasteiger partial charge >= 0.3 is 0 Å². The molecule has 0 saturated carbocycles. The first-order valence-electron chi connectivity index (χ1n) is 4.96. The Kier molecular flexibility index (Phi) is 4.34. The van der Waals surface area contributed by atoms with Gasteiger partial charge in [-0.3, -0.25) is 4.99 Å². The van der Waals surface area contributed by atoms with Crippen molar-refractivity contribution in [3.05, 3.63) is 0 Å². The van der Waals surface area contributed by atoms with Crippen LogP contribution in [0.5, 0.6) is 0 Å². The second-order valence-corrected chi connectivity index (χ2v) is 5.41. The lowest BCUT2D eigenvalue weighted by molar-refractivity contribution is 0.445. The van der Waals surface area contributed by atoms with Crippen LogP contribution < -0.4 is 10.6 Å². The van der Waals surface area contributed by atoms with Gasteiger partial charge in [-0.2, -0.15) is 0 Å². The number of hydrogen-bond acceptors (Lipinski definition) is 3. The first-order valence-corrected chi connectivity index (χ1v) is 6.57. The highest BCUT2D eigenvalue weighted by Crippen LogP contribution is 2.11. The number of nitrogens with zero attached hydrogens (tertiary/aromatic N) is 2. The third-order valence-electron chi connectivity index (χ3n) is 2.32. The van der Waals surface area contributed by atoms with E-state index in [0.29, 0.717) is 25.6 Å². The lowest BCUT2D eigenvalue weighted by Gasteiger charge is -2.15. The van der Waals surface area contributed by atoms with Gasteiger partial charge in [0.05, 0.1) is 5.75 Å². The molecule has 6 nitrogen and oxygen atoms in total. The van der Waals surface area contributed by atoms with Crippen molar-refractivity contribution >= 4 is 16.0 Å². The van der Waals surface area contributed by atoms with Crippen LogP contribution in [0, 0.1) is 0 Å². The number of sulfonamides is 1. The fourth-order valence-electron chi connectivity index (χ4n) is 1.52. The standard InChI is InChI=1S/C8H18N4O2S/c1-9-8(10-2)11-4-6-12-5-3-7-15(12,13)14/h3-7H2,1-2H3,(H2,9,10,11). The van der Waals surface area contributed by atoms with Crippen LogP contribution in [0.25, 0.3) is 0 Å². The Morgan fingerprint density at radius 1 is 1.53 bits per heavy atom. The first-order chi connectivity index (χ1) is 7.10. The molecule has 1 saturated heterocycles. The molecule has 0 spiro atoms. The molecule has 7 heteroatoms. The largest absolute Gasteiger partial charge is 0.359 e. The van der Waals surface area contributed by atoms with Gasteiger partial charge in [-0.15, -0.1) is 0 Å². The van der Waals surface area contributed by atoms with Gasteiger partial charge in [-0.1, -0.05) is 0 Å². The summed E-state index contributed by atoms with van der Waals surface area (Å²) in [6.07, 6.45) is 0.739. The quantitative estimate of drug-likeness (QED) is 0.476. The molecule has 2 N–H and O–H groups in total. The average molecular weight is 234 g/mol. The van der Waals surface area contributed by atoms with E-state index in [2.05, 4.69) is 15.6 Å². The molecule has 0 aromatic carbocycles. The maximum Gasteiger partial charge on any atom is 0.214 e. The molecule has 1 fully saturated rings. The number of hydrogen-bond donors (Lipinski definition) is 2. The second-order valence-electron chi connectivity index (χ2n) is 3.32. The Labute approximate surface area is 90.8 Å². The molecule has 0 radical (unpaired) electrons. The predicted molar refractivity (Wildman–Crippen MR) is 60.4 cm³/mol. The van der Waals surface area contributed by atoms with Crippen LogP contribution in [0.1, 0.15) is 6.42 Å². The van der Waals surface area contributed by atoms with E-state index < -0.39 is 10.0 Å². The first kappa shape index (κ1) is 12.3. The number of nitrogens with one attached hydrogen (secondary N) is 2. The minimum atomic E-state index is -2.97. The summed E-state index contributed by atoms with van der Waals surface area (Å²) in [6.45, 7) is 1.72. The summed E-state index contributed by atoms with van der Waals surface area (Å²) in [4.78, 5) is 3.93. The molecule has 0 aromatic heterocycles. The molecule has 0 bridgehead atoms. The summed E-state index contributed by atoms with van der Waals surface area (Å²) in [7, 11) is 0.472. The SMILES string of the molecule is CN=C(NC)NCCN1CCCS1(=O)=O. The summed E-state index contributed by atoms with van der Waals surface area (Å²) >= 11 is 0. The second kappa shape index (κ2) is 5.32. The zero-order chi connectivity index (χ0) is 11.3. The van der Waals surface area contributed by atoms with Crippen molar-refractivity contribution in [3.63, 3.8) is 0 Å². The summed E-state index contributed by atoms with van der Waals surface area (Å²) < 4.78 is 24.4. The van der Waals surface area contributed by atoms with Gasteiger partial charge in [0.25, 0.3) is 0 Å². The van der Waals surface area contributed by atoms with Crippen LogP contribution >= 0.6 is 0 Å². The minimum absolute atomic E-state index is 0.285. The molecule has 0 atom stereocenters. The van der Waals surface area contributed by atoms with Crippen molar-refractivity contribution in [2.45, 2.75) is 6.42 Å². The third kappa shape index (κ3) is 3.35. The molecule has 15 heavy (non-hydrogen) atoms.